The number of rotatable bonds is 3. The Balaban J connectivity index is 2.34. The van der Waals surface area contributed by atoms with Gasteiger partial charge in [0.25, 0.3) is 0 Å². The minimum Gasteiger partial charge on any atom is -0.283 e. The molecule has 1 unspecified atom stereocenters. The van der Waals surface area contributed by atoms with Crippen LogP contribution in [0.5, 0.6) is 0 Å². The van der Waals surface area contributed by atoms with E-state index >= 15 is 0 Å². The van der Waals surface area contributed by atoms with E-state index in [1.165, 1.54) is 19.4 Å². The third-order valence-electron chi connectivity index (χ3n) is 1.99. The first-order valence-electron chi connectivity index (χ1n) is 3.82. The van der Waals surface area contributed by atoms with Gasteiger partial charge in [0.1, 0.15) is 0 Å². The summed E-state index contributed by atoms with van der Waals surface area (Å²) in [5, 5.41) is 4.27. The summed E-state index contributed by atoms with van der Waals surface area (Å²) < 4.78 is 0. The van der Waals surface area contributed by atoms with E-state index in [-0.39, 0.29) is 0 Å². The van der Waals surface area contributed by atoms with E-state index in [0.717, 1.165) is 6.54 Å². The number of hydrogen-bond donors (Lipinski definition) is 0. The van der Waals surface area contributed by atoms with Crippen molar-refractivity contribution in [2.75, 3.05) is 20.1 Å². The van der Waals surface area contributed by atoms with E-state index in [1.807, 2.05) is 13.1 Å². The first kappa shape index (κ1) is 7.76. The molecular weight excluding hydrogens is 124 g/mol. The summed E-state index contributed by atoms with van der Waals surface area (Å²) in [4.78, 5) is 2.35. The van der Waals surface area contributed by atoms with E-state index in [1.54, 1.807) is 0 Å². The highest BCUT2D eigenvalue weighted by molar-refractivity contribution is 4.81. The van der Waals surface area contributed by atoms with E-state index in [2.05, 4.69) is 16.8 Å². The van der Waals surface area contributed by atoms with Gasteiger partial charge < -0.3 is 0 Å². The highest BCUT2D eigenvalue weighted by atomic mass is 15.3. The second-order valence-electron chi connectivity index (χ2n) is 2.66. The summed E-state index contributed by atoms with van der Waals surface area (Å²) in [7, 11) is 1.89. The lowest BCUT2D eigenvalue weighted by atomic mass is 10.3. The Morgan fingerprint density at radius 2 is 2.60 bits per heavy atom. The van der Waals surface area contributed by atoms with Crippen LogP contribution >= 0.6 is 0 Å². The lowest BCUT2D eigenvalue weighted by molar-refractivity contribution is 0.248. The zero-order valence-electron chi connectivity index (χ0n) is 6.58. The van der Waals surface area contributed by atoms with Gasteiger partial charge in [-0.15, -0.1) is 6.58 Å². The standard InChI is InChI=1S/C8H15N2/c1-3-6-10-7-4-5-8(10)9-2/h3,8H,1,4-7H2,2H3. The first-order chi connectivity index (χ1) is 4.88. The van der Waals surface area contributed by atoms with Gasteiger partial charge in [-0.3, -0.25) is 4.90 Å². The van der Waals surface area contributed by atoms with Crippen LogP contribution in [-0.4, -0.2) is 31.2 Å². The maximum atomic E-state index is 4.27. The van der Waals surface area contributed by atoms with Gasteiger partial charge in [-0.2, -0.15) is 0 Å². The van der Waals surface area contributed by atoms with Crippen LogP contribution in [0.15, 0.2) is 12.7 Å². The molecule has 0 aliphatic carbocycles. The fourth-order valence-corrected chi connectivity index (χ4v) is 1.48. The van der Waals surface area contributed by atoms with Crippen LogP contribution in [0.3, 0.4) is 0 Å². The lowest BCUT2D eigenvalue weighted by Gasteiger charge is -2.20. The Kier molecular flexibility index (Phi) is 2.90. The van der Waals surface area contributed by atoms with Crippen molar-refractivity contribution in [2.45, 2.75) is 19.0 Å². The van der Waals surface area contributed by atoms with Crippen molar-refractivity contribution in [3.63, 3.8) is 0 Å². The van der Waals surface area contributed by atoms with Crippen molar-refractivity contribution < 1.29 is 0 Å². The second-order valence-corrected chi connectivity index (χ2v) is 2.66. The van der Waals surface area contributed by atoms with Gasteiger partial charge in [-0.05, 0) is 12.8 Å². The molecule has 1 aliphatic rings. The quantitative estimate of drug-likeness (QED) is 0.529. The van der Waals surface area contributed by atoms with Crippen molar-refractivity contribution >= 4 is 0 Å². The molecule has 1 aliphatic heterocycles. The summed E-state index contributed by atoms with van der Waals surface area (Å²) in [6, 6.07) is 0. The smallest absolute Gasteiger partial charge is 0.0760 e. The summed E-state index contributed by atoms with van der Waals surface area (Å²) in [6.45, 7) is 5.89. The molecule has 1 atom stereocenters. The normalized spacial score (nSPS) is 27.1. The van der Waals surface area contributed by atoms with Gasteiger partial charge in [0.2, 0.25) is 0 Å². The van der Waals surface area contributed by atoms with Crippen molar-refractivity contribution in [3.05, 3.63) is 12.7 Å². The fourth-order valence-electron chi connectivity index (χ4n) is 1.48. The molecule has 0 aromatic rings. The zero-order chi connectivity index (χ0) is 7.40. The Morgan fingerprint density at radius 3 is 3.20 bits per heavy atom. The molecule has 2 nitrogen and oxygen atoms in total. The lowest BCUT2D eigenvalue weighted by Crippen LogP contribution is -2.35. The third kappa shape index (κ3) is 1.58. The van der Waals surface area contributed by atoms with Crippen LogP contribution in [0.4, 0.5) is 0 Å². The Labute approximate surface area is 62.9 Å². The van der Waals surface area contributed by atoms with Crippen molar-refractivity contribution in [1.82, 2.24) is 10.2 Å². The molecule has 1 saturated heterocycles. The minimum absolute atomic E-state index is 0.470. The second kappa shape index (κ2) is 3.74. The molecule has 2 heteroatoms. The molecule has 0 spiro atoms. The van der Waals surface area contributed by atoms with Gasteiger partial charge in [-0.25, -0.2) is 5.32 Å². The molecule has 1 heterocycles. The third-order valence-corrected chi connectivity index (χ3v) is 1.99. The fraction of sp³-hybridized carbons (Fsp3) is 0.750. The molecule has 0 N–H and O–H groups in total. The molecule has 1 radical (unpaired) electrons. The van der Waals surface area contributed by atoms with Crippen molar-refractivity contribution in [1.29, 1.82) is 0 Å². The molecule has 0 saturated carbocycles. The number of nitrogens with zero attached hydrogens (tertiary/aromatic N) is 2. The molecule has 1 rings (SSSR count). The van der Waals surface area contributed by atoms with Crippen LogP contribution < -0.4 is 5.32 Å². The van der Waals surface area contributed by atoms with E-state index in [4.69, 9.17) is 0 Å². The van der Waals surface area contributed by atoms with E-state index in [0.29, 0.717) is 6.17 Å². The molecule has 1 fully saturated rings. The first-order valence-corrected chi connectivity index (χ1v) is 3.82. The summed E-state index contributed by atoms with van der Waals surface area (Å²) in [6.07, 6.45) is 4.93. The monoisotopic (exact) mass is 139 g/mol. The highest BCUT2D eigenvalue weighted by Gasteiger charge is 2.21. The van der Waals surface area contributed by atoms with Crippen LogP contribution in [-0.2, 0) is 0 Å². The summed E-state index contributed by atoms with van der Waals surface area (Å²) >= 11 is 0. The molecule has 0 aromatic heterocycles. The maximum Gasteiger partial charge on any atom is 0.0760 e. The highest BCUT2D eigenvalue weighted by Crippen LogP contribution is 2.14. The predicted octanol–water partition coefficient (Wildman–Crippen LogP) is 0.829. The van der Waals surface area contributed by atoms with Crippen LogP contribution in [0.1, 0.15) is 12.8 Å². The minimum atomic E-state index is 0.470. The molecule has 57 valence electrons. The largest absolute Gasteiger partial charge is 0.283 e. The van der Waals surface area contributed by atoms with Crippen LogP contribution in [0.25, 0.3) is 0 Å². The number of likely N-dealkylation sites (tertiary alicyclic amines) is 1. The van der Waals surface area contributed by atoms with E-state index in [9.17, 15) is 0 Å². The van der Waals surface area contributed by atoms with Gasteiger partial charge in [-0.1, -0.05) is 6.08 Å². The Bertz CT molecular complexity index is 112. The molecule has 0 aromatic carbocycles. The maximum absolute atomic E-state index is 4.27. The Morgan fingerprint density at radius 1 is 1.80 bits per heavy atom. The van der Waals surface area contributed by atoms with E-state index < -0.39 is 0 Å². The topological polar surface area (TPSA) is 17.3 Å². The predicted molar refractivity (Wildman–Crippen MR) is 42.9 cm³/mol. The van der Waals surface area contributed by atoms with Crippen molar-refractivity contribution in [2.24, 2.45) is 0 Å². The molecule has 0 bridgehead atoms. The number of hydrogen-bond acceptors (Lipinski definition) is 1. The van der Waals surface area contributed by atoms with Crippen LogP contribution in [0, 0.1) is 0 Å². The summed E-state index contributed by atoms with van der Waals surface area (Å²) in [5.74, 6) is 0. The van der Waals surface area contributed by atoms with Gasteiger partial charge in [0.05, 0.1) is 6.17 Å². The Hall–Kier alpha value is -0.340. The summed E-state index contributed by atoms with van der Waals surface area (Å²) in [5.41, 5.74) is 0. The zero-order valence-corrected chi connectivity index (χ0v) is 6.58. The SMILES string of the molecule is C=CCN1CCCC1[N]C. The van der Waals surface area contributed by atoms with Crippen LogP contribution in [0.2, 0.25) is 0 Å². The van der Waals surface area contributed by atoms with Gasteiger partial charge in [0, 0.05) is 20.1 Å². The average molecular weight is 139 g/mol. The molecule has 0 amide bonds. The molecular formula is C8H15N2. The average Bonchev–Trinajstić information content (AvgIpc) is 2.36. The molecule has 10 heavy (non-hydrogen) atoms. The van der Waals surface area contributed by atoms with Crippen molar-refractivity contribution in [3.8, 4) is 0 Å². The van der Waals surface area contributed by atoms with Gasteiger partial charge in [0.15, 0.2) is 0 Å². The van der Waals surface area contributed by atoms with Gasteiger partial charge >= 0.3 is 0 Å².